The molecule has 0 spiro atoms. The first-order chi connectivity index (χ1) is 12.8. The number of ether oxygens (including phenoxy) is 1. The SMILES string of the molecule is CCCC(=O)Nc1ccc(Cl)c(N=Cc2cc([N+](=O)[O-])cc(OC)c2O)c1. The van der Waals surface area contributed by atoms with Crippen LogP contribution in [0, 0.1) is 10.1 Å². The summed E-state index contributed by atoms with van der Waals surface area (Å²) >= 11 is 6.12. The van der Waals surface area contributed by atoms with Crippen molar-refractivity contribution in [3.8, 4) is 11.5 Å². The number of halogens is 1. The molecule has 0 aromatic heterocycles. The lowest BCUT2D eigenvalue weighted by Crippen LogP contribution is -2.10. The van der Waals surface area contributed by atoms with Gasteiger partial charge in [-0.3, -0.25) is 19.9 Å². The largest absolute Gasteiger partial charge is 0.504 e. The minimum absolute atomic E-state index is 0.0441. The van der Waals surface area contributed by atoms with Crippen molar-refractivity contribution in [2.45, 2.75) is 19.8 Å². The van der Waals surface area contributed by atoms with Gasteiger partial charge in [0.15, 0.2) is 11.5 Å². The fourth-order valence-corrected chi connectivity index (χ4v) is 2.42. The van der Waals surface area contributed by atoms with Crippen molar-refractivity contribution < 1.29 is 19.6 Å². The summed E-state index contributed by atoms with van der Waals surface area (Å²) in [4.78, 5) is 26.3. The molecule has 1 amide bonds. The summed E-state index contributed by atoms with van der Waals surface area (Å²) in [6.07, 6.45) is 2.35. The third-order valence-corrected chi connectivity index (χ3v) is 3.89. The van der Waals surface area contributed by atoms with E-state index in [2.05, 4.69) is 10.3 Å². The van der Waals surface area contributed by atoms with Crippen LogP contribution in [0.5, 0.6) is 11.5 Å². The monoisotopic (exact) mass is 391 g/mol. The molecule has 0 aliphatic carbocycles. The predicted octanol–water partition coefficient (Wildman–Crippen LogP) is 4.45. The lowest BCUT2D eigenvalue weighted by Gasteiger charge is -2.07. The molecule has 0 aliphatic rings. The second-order valence-corrected chi connectivity index (χ2v) is 5.97. The zero-order valence-electron chi connectivity index (χ0n) is 14.7. The smallest absolute Gasteiger partial charge is 0.274 e. The number of carbonyl (C=O) groups is 1. The van der Waals surface area contributed by atoms with E-state index in [0.29, 0.717) is 22.8 Å². The Morgan fingerprint density at radius 2 is 2.15 bits per heavy atom. The topological polar surface area (TPSA) is 114 Å². The van der Waals surface area contributed by atoms with E-state index in [9.17, 15) is 20.0 Å². The summed E-state index contributed by atoms with van der Waals surface area (Å²) in [5, 5.41) is 24.2. The molecule has 0 radical (unpaired) electrons. The highest BCUT2D eigenvalue weighted by atomic mass is 35.5. The van der Waals surface area contributed by atoms with Crippen LogP contribution in [0.25, 0.3) is 0 Å². The molecule has 0 heterocycles. The summed E-state index contributed by atoms with van der Waals surface area (Å²) in [6, 6.07) is 7.07. The normalized spacial score (nSPS) is 10.8. The average Bonchev–Trinajstić information content (AvgIpc) is 2.63. The Morgan fingerprint density at radius 1 is 1.41 bits per heavy atom. The fourth-order valence-electron chi connectivity index (χ4n) is 2.25. The Bertz CT molecular complexity index is 899. The van der Waals surface area contributed by atoms with Crippen molar-refractivity contribution in [1.82, 2.24) is 0 Å². The zero-order valence-corrected chi connectivity index (χ0v) is 15.5. The molecule has 2 aromatic carbocycles. The molecule has 0 aliphatic heterocycles. The van der Waals surface area contributed by atoms with Gasteiger partial charge in [-0.05, 0) is 24.6 Å². The zero-order chi connectivity index (χ0) is 20.0. The molecule has 2 aromatic rings. The maximum atomic E-state index is 11.7. The highest BCUT2D eigenvalue weighted by Gasteiger charge is 2.16. The molecule has 0 saturated carbocycles. The van der Waals surface area contributed by atoms with E-state index in [1.54, 1.807) is 18.2 Å². The number of carbonyl (C=O) groups excluding carboxylic acids is 1. The molecule has 2 N–H and O–H groups in total. The van der Waals surface area contributed by atoms with E-state index >= 15 is 0 Å². The number of non-ortho nitro benzene ring substituents is 1. The van der Waals surface area contributed by atoms with Crippen molar-refractivity contribution in [3.05, 3.63) is 51.0 Å². The van der Waals surface area contributed by atoms with Crippen LogP contribution >= 0.6 is 11.6 Å². The minimum atomic E-state index is -0.601. The average molecular weight is 392 g/mol. The van der Waals surface area contributed by atoms with E-state index in [4.69, 9.17) is 16.3 Å². The van der Waals surface area contributed by atoms with Crippen LogP contribution in [0.2, 0.25) is 5.02 Å². The van der Waals surface area contributed by atoms with E-state index in [0.717, 1.165) is 12.5 Å². The number of aliphatic imine (C=N–C) groups is 1. The lowest BCUT2D eigenvalue weighted by atomic mass is 10.1. The Morgan fingerprint density at radius 3 is 2.78 bits per heavy atom. The highest BCUT2D eigenvalue weighted by molar-refractivity contribution is 6.33. The van der Waals surface area contributed by atoms with Gasteiger partial charge < -0.3 is 15.2 Å². The Kier molecular flexibility index (Phi) is 6.73. The van der Waals surface area contributed by atoms with Crippen molar-refractivity contribution >= 4 is 40.8 Å². The molecule has 0 unspecified atom stereocenters. The summed E-state index contributed by atoms with van der Waals surface area (Å²) in [6.45, 7) is 1.90. The number of anilines is 1. The van der Waals surface area contributed by atoms with Crippen molar-refractivity contribution in [1.29, 1.82) is 0 Å². The first kappa shape index (κ1) is 20.2. The number of nitrogens with one attached hydrogen (secondary N) is 1. The molecular weight excluding hydrogens is 374 g/mol. The molecule has 142 valence electrons. The molecule has 0 atom stereocenters. The number of aromatic hydroxyl groups is 1. The quantitative estimate of drug-likeness (QED) is 0.411. The molecule has 0 saturated heterocycles. The maximum absolute atomic E-state index is 11.7. The van der Waals surface area contributed by atoms with Crippen LogP contribution in [0.3, 0.4) is 0 Å². The number of benzene rings is 2. The first-order valence-electron chi connectivity index (χ1n) is 8.04. The molecule has 9 heteroatoms. The summed E-state index contributed by atoms with van der Waals surface area (Å²) in [5.74, 6) is -0.455. The second-order valence-electron chi connectivity index (χ2n) is 5.57. The van der Waals surface area contributed by atoms with Crippen molar-refractivity contribution in [2.24, 2.45) is 4.99 Å². The predicted molar refractivity (Wildman–Crippen MR) is 104 cm³/mol. The number of phenols is 1. The van der Waals surface area contributed by atoms with E-state index in [1.165, 1.54) is 19.4 Å². The second kappa shape index (κ2) is 9.00. The third kappa shape index (κ3) is 5.18. The Balaban J connectivity index is 2.36. The van der Waals surface area contributed by atoms with Crippen LogP contribution in [-0.4, -0.2) is 29.3 Å². The number of nitrogens with zero attached hydrogens (tertiary/aromatic N) is 2. The van der Waals surface area contributed by atoms with Gasteiger partial charge in [0, 0.05) is 30.0 Å². The first-order valence-corrected chi connectivity index (χ1v) is 8.42. The van der Waals surface area contributed by atoms with Crippen molar-refractivity contribution in [2.75, 3.05) is 12.4 Å². The number of nitro benzene ring substituents is 1. The lowest BCUT2D eigenvalue weighted by molar-refractivity contribution is -0.385. The van der Waals surface area contributed by atoms with Crippen LogP contribution < -0.4 is 10.1 Å². The fraction of sp³-hybridized carbons (Fsp3) is 0.222. The molecule has 8 nitrogen and oxygen atoms in total. The number of phenolic OH excluding ortho intramolecular Hbond substituents is 1. The molecule has 27 heavy (non-hydrogen) atoms. The van der Waals surface area contributed by atoms with Gasteiger partial charge >= 0.3 is 0 Å². The van der Waals surface area contributed by atoms with E-state index in [1.807, 2.05) is 6.92 Å². The summed E-state index contributed by atoms with van der Waals surface area (Å²) < 4.78 is 4.95. The van der Waals surface area contributed by atoms with E-state index < -0.39 is 4.92 Å². The third-order valence-electron chi connectivity index (χ3n) is 3.57. The van der Waals surface area contributed by atoms with Gasteiger partial charge in [0.1, 0.15) is 0 Å². The summed E-state index contributed by atoms with van der Waals surface area (Å²) in [5.41, 5.74) is 0.692. The minimum Gasteiger partial charge on any atom is -0.504 e. The number of hydrogen-bond acceptors (Lipinski definition) is 6. The number of rotatable bonds is 7. The van der Waals surface area contributed by atoms with Crippen molar-refractivity contribution in [3.63, 3.8) is 0 Å². The number of hydrogen-bond donors (Lipinski definition) is 2. The number of amides is 1. The van der Waals surface area contributed by atoms with Gasteiger partial charge in [-0.1, -0.05) is 18.5 Å². The van der Waals surface area contributed by atoms with Gasteiger partial charge in [-0.2, -0.15) is 0 Å². The van der Waals surface area contributed by atoms with Gasteiger partial charge in [0.05, 0.1) is 28.8 Å². The van der Waals surface area contributed by atoms with Gasteiger partial charge in [-0.15, -0.1) is 0 Å². The van der Waals surface area contributed by atoms with Crippen LogP contribution in [0.1, 0.15) is 25.3 Å². The Hall–Kier alpha value is -3.13. The molecule has 0 fully saturated rings. The summed E-state index contributed by atoms with van der Waals surface area (Å²) in [7, 11) is 1.29. The van der Waals surface area contributed by atoms with Crippen LogP contribution in [0.4, 0.5) is 17.1 Å². The standard InChI is InChI=1S/C18H18ClN3O5/c1-3-4-17(23)21-12-5-6-14(19)15(8-12)20-10-11-7-13(22(25)26)9-16(27-2)18(11)24/h5-10,24H,3-4H2,1-2H3,(H,21,23). The van der Waals surface area contributed by atoms with E-state index in [-0.39, 0.29) is 28.7 Å². The van der Waals surface area contributed by atoms with Crippen LogP contribution in [-0.2, 0) is 4.79 Å². The Labute approximate surface area is 160 Å². The molecular formula is C18H18ClN3O5. The molecule has 0 bridgehead atoms. The molecule has 2 rings (SSSR count). The van der Waals surface area contributed by atoms with Gasteiger partial charge in [0.2, 0.25) is 5.91 Å². The number of methoxy groups -OCH3 is 1. The number of nitro groups is 1. The van der Waals surface area contributed by atoms with Gasteiger partial charge in [-0.25, -0.2) is 0 Å². The van der Waals surface area contributed by atoms with Gasteiger partial charge in [0.25, 0.3) is 5.69 Å². The van der Waals surface area contributed by atoms with Crippen LogP contribution in [0.15, 0.2) is 35.3 Å². The maximum Gasteiger partial charge on any atom is 0.274 e. The highest BCUT2D eigenvalue weighted by Crippen LogP contribution is 2.34.